The standard InChI is InChI=1S/C10H6N2O4Se/c13-9-8(17-10(14)11-9)5-6-1-3-7(4-2-6)12(15)16/h1-5H,(H,11,13,14)/b8-5+. The van der Waals surface area contributed by atoms with Gasteiger partial charge in [0.15, 0.2) is 0 Å². The molecule has 1 saturated heterocycles. The van der Waals surface area contributed by atoms with Crippen LogP contribution in [0.4, 0.5) is 10.5 Å². The SMILES string of the molecule is O=C1NC(=O)/C(=C\c2ccc([N+](=O)[O-])cc2)[Se]1. The van der Waals surface area contributed by atoms with Crippen LogP contribution in [0.5, 0.6) is 0 Å². The van der Waals surface area contributed by atoms with E-state index in [1.807, 2.05) is 0 Å². The Morgan fingerprint density at radius 1 is 1.24 bits per heavy atom. The summed E-state index contributed by atoms with van der Waals surface area (Å²) in [5, 5.41) is 12.6. The Hall–Kier alpha value is -1.98. The number of non-ortho nitro benzene ring substituents is 1. The summed E-state index contributed by atoms with van der Waals surface area (Å²) in [5.74, 6) is -0.381. The first-order valence-corrected chi connectivity index (χ1v) is 6.27. The van der Waals surface area contributed by atoms with Crippen molar-refractivity contribution in [3.63, 3.8) is 0 Å². The number of nitro groups is 1. The molecular formula is C10H6N2O4Se. The second kappa shape index (κ2) is 4.48. The van der Waals surface area contributed by atoms with Crippen molar-refractivity contribution in [2.75, 3.05) is 0 Å². The van der Waals surface area contributed by atoms with E-state index in [1.54, 1.807) is 6.08 Å². The second-order valence-electron chi connectivity index (χ2n) is 3.20. The molecule has 0 unspecified atom stereocenters. The summed E-state index contributed by atoms with van der Waals surface area (Å²) >= 11 is -0.515. The van der Waals surface area contributed by atoms with Crippen molar-refractivity contribution >= 4 is 37.4 Å². The molecule has 1 heterocycles. The summed E-state index contributed by atoms with van der Waals surface area (Å²) in [6.07, 6.45) is 1.57. The monoisotopic (exact) mass is 298 g/mol. The molecule has 1 aliphatic rings. The number of carbonyl (C=O) groups is 2. The fourth-order valence-corrected chi connectivity index (χ4v) is 2.70. The van der Waals surface area contributed by atoms with Gasteiger partial charge in [0, 0.05) is 0 Å². The van der Waals surface area contributed by atoms with Crippen LogP contribution in [0.3, 0.4) is 0 Å². The average molecular weight is 297 g/mol. The van der Waals surface area contributed by atoms with Gasteiger partial charge in [0.25, 0.3) is 0 Å². The predicted molar refractivity (Wildman–Crippen MR) is 60.4 cm³/mol. The molecule has 1 aromatic carbocycles. The van der Waals surface area contributed by atoms with E-state index < -0.39 is 19.9 Å². The first-order chi connectivity index (χ1) is 8.06. The van der Waals surface area contributed by atoms with Crippen LogP contribution in [0.15, 0.2) is 28.7 Å². The summed E-state index contributed by atoms with van der Waals surface area (Å²) in [6.45, 7) is 0. The molecule has 1 N–H and O–H groups in total. The number of imide groups is 1. The molecule has 6 nitrogen and oxygen atoms in total. The Labute approximate surface area is 102 Å². The molecule has 0 atom stereocenters. The van der Waals surface area contributed by atoms with Gasteiger partial charge in [-0.25, -0.2) is 0 Å². The van der Waals surface area contributed by atoms with Gasteiger partial charge in [-0.2, -0.15) is 0 Å². The van der Waals surface area contributed by atoms with E-state index in [4.69, 9.17) is 0 Å². The molecule has 1 fully saturated rings. The van der Waals surface area contributed by atoms with E-state index in [-0.39, 0.29) is 16.4 Å². The van der Waals surface area contributed by atoms with Crippen molar-refractivity contribution in [1.82, 2.24) is 5.32 Å². The zero-order valence-electron chi connectivity index (χ0n) is 8.38. The van der Waals surface area contributed by atoms with Gasteiger partial charge in [-0.15, -0.1) is 0 Å². The molecule has 1 aliphatic heterocycles. The molecule has 1 aromatic rings. The zero-order valence-corrected chi connectivity index (χ0v) is 10.1. The normalized spacial score (nSPS) is 17.3. The van der Waals surface area contributed by atoms with Crippen LogP contribution in [0.25, 0.3) is 6.08 Å². The first kappa shape index (κ1) is 11.5. The number of hydrogen-bond donors (Lipinski definition) is 1. The molecule has 0 saturated carbocycles. The Morgan fingerprint density at radius 3 is 2.35 bits per heavy atom. The Kier molecular flexibility index (Phi) is 3.03. The molecular weight excluding hydrogens is 291 g/mol. The fraction of sp³-hybridized carbons (Fsp3) is 0. The predicted octanol–water partition coefficient (Wildman–Crippen LogP) is 0.890. The number of nitrogens with one attached hydrogen (secondary N) is 1. The van der Waals surface area contributed by atoms with Gasteiger partial charge in [-0.1, -0.05) is 0 Å². The number of hydrogen-bond acceptors (Lipinski definition) is 4. The third-order valence-electron chi connectivity index (χ3n) is 2.04. The number of carbonyl (C=O) groups excluding carboxylic acids is 2. The van der Waals surface area contributed by atoms with Gasteiger partial charge in [0.1, 0.15) is 0 Å². The van der Waals surface area contributed by atoms with Crippen LogP contribution >= 0.6 is 0 Å². The molecule has 0 aliphatic carbocycles. The van der Waals surface area contributed by atoms with E-state index in [9.17, 15) is 19.7 Å². The third kappa shape index (κ3) is 2.58. The Bertz CT molecular complexity index is 536. The molecule has 0 spiro atoms. The van der Waals surface area contributed by atoms with Gasteiger partial charge >= 0.3 is 102 Å². The average Bonchev–Trinajstić information content (AvgIpc) is 2.58. The van der Waals surface area contributed by atoms with Crippen molar-refractivity contribution in [2.24, 2.45) is 0 Å². The van der Waals surface area contributed by atoms with Crippen LogP contribution in [-0.2, 0) is 4.79 Å². The molecule has 0 radical (unpaired) electrons. The maximum absolute atomic E-state index is 11.3. The van der Waals surface area contributed by atoms with Crippen LogP contribution < -0.4 is 5.32 Å². The molecule has 86 valence electrons. The number of rotatable bonds is 2. The minimum atomic E-state index is -0.515. The van der Waals surface area contributed by atoms with Crippen LogP contribution in [0, 0.1) is 10.1 Å². The summed E-state index contributed by atoms with van der Waals surface area (Å²) < 4.78 is 0.427. The molecule has 0 bridgehead atoms. The minimum absolute atomic E-state index is 0.00962. The molecule has 7 heteroatoms. The van der Waals surface area contributed by atoms with Gasteiger partial charge in [-0.05, 0) is 0 Å². The third-order valence-corrected chi connectivity index (χ3v) is 3.74. The van der Waals surface area contributed by atoms with Crippen molar-refractivity contribution < 1.29 is 14.5 Å². The summed E-state index contributed by atoms with van der Waals surface area (Å²) in [5.41, 5.74) is 0.655. The summed E-state index contributed by atoms with van der Waals surface area (Å²) in [6, 6.07) is 5.79. The molecule has 17 heavy (non-hydrogen) atoms. The van der Waals surface area contributed by atoms with E-state index in [2.05, 4.69) is 5.32 Å². The van der Waals surface area contributed by atoms with E-state index >= 15 is 0 Å². The molecule has 2 amide bonds. The number of amides is 2. The summed E-state index contributed by atoms with van der Waals surface area (Å²) in [4.78, 5) is 31.9. The van der Waals surface area contributed by atoms with E-state index in [0.29, 0.717) is 10.0 Å². The summed E-state index contributed by atoms with van der Waals surface area (Å²) in [7, 11) is 0. The molecule has 2 rings (SSSR count). The Morgan fingerprint density at radius 2 is 1.88 bits per heavy atom. The first-order valence-electron chi connectivity index (χ1n) is 4.55. The zero-order chi connectivity index (χ0) is 12.4. The molecule has 0 aromatic heterocycles. The van der Waals surface area contributed by atoms with Gasteiger partial charge in [-0.3, -0.25) is 0 Å². The number of nitrogens with zero attached hydrogens (tertiary/aromatic N) is 1. The van der Waals surface area contributed by atoms with Crippen molar-refractivity contribution in [3.8, 4) is 0 Å². The van der Waals surface area contributed by atoms with Crippen molar-refractivity contribution in [1.29, 1.82) is 0 Å². The second-order valence-corrected chi connectivity index (χ2v) is 5.33. The topological polar surface area (TPSA) is 89.3 Å². The maximum atomic E-state index is 11.3. The fourth-order valence-electron chi connectivity index (χ4n) is 1.26. The number of nitro benzene ring substituents is 1. The van der Waals surface area contributed by atoms with Gasteiger partial charge in [0.2, 0.25) is 0 Å². The Balaban J connectivity index is 2.24. The number of benzene rings is 1. The van der Waals surface area contributed by atoms with Crippen molar-refractivity contribution in [3.05, 3.63) is 44.4 Å². The van der Waals surface area contributed by atoms with E-state index in [1.165, 1.54) is 24.3 Å². The van der Waals surface area contributed by atoms with Gasteiger partial charge < -0.3 is 0 Å². The quantitative estimate of drug-likeness (QED) is 0.380. The van der Waals surface area contributed by atoms with Gasteiger partial charge in [0.05, 0.1) is 0 Å². The van der Waals surface area contributed by atoms with Crippen molar-refractivity contribution in [2.45, 2.75) is 0 Å². The van der Waals surface area contributed by atoms with Crippen LogP contribution in [0.1, 0.15) is 5.56 Å². The van der Waals surface area contributed by atoms with Crippen LogP contribution in [-0.4, -0.2) is 30.6 Å². The van der Waals surface area contributed by atoms with E-state index in [0.717, 1.165) is 0 Å². The van der Waals surface area contributed by atoms with Crippen LogP contribution in [0.2, 0.25) is 0 Å².